The number of aromatic nitrogens is 2. The zero-order chi connectivity index (χ0) is 14.9. The van der Waals surface area contributed by atoms with Crippen LogP contribution in [0, 0.1) is 12.8 Å². The number of nitrogens with zero attached hydrogens (tertiary/aromatic N) is 2. The molecule has 0 saturated carbocycles. The molecule has 1 aromatic heterocycles. The molecular formula is C13H22BrN3O2S. The van der Waals surface area contributed by atoms with Crippen molar-refractivity contribution in [1.82, 2.24) is 15.1 Å². The van der Waals surface area contributed by atoms with Gasteiger partial charge < -0.3 is 5.32 Å². The first-order valence-electron chi connectivity index (χ1n) is 6.88. The van der Waals surface area contributed by atoms with Gasteiger partial charge in [-0.05, 0) is 48.7 Å². The number of rotatable bonds is 5. The standard InChI is InChI=1S/C13H22BrN3O2S/c1-9-13(14)12(17(3)16-9)7-11(15-2)6-10-4-5-20(18,19)8-10/h10-11,15H,4-8H2,1-3H3. The van der Waals surface area contributed by atoms with Crippen molar-refractivity contribution in [3.05, 3.63) is 15.9 Å². The minimum Gasteiger partial charge on any atom is -0.317 e. The average molecular weight is 364 g/mol. The Balaban J connectivity index is 2.03. The molecule has 2 atom stereocenters. The highest BCUT2D eigenvalue weighted by Crippen LogP contribution is 2.26. The van der Waals surface area contributed by atoms with Crippen LogP contribution in [0.4, 0.5) is 0 Å². The van der Waals surface area contributed by atoms with Gasteiger partial charge in [0, 0.05) is 19.5 Å². The molecule has 0 bridgehead atoms. The van der Waals surface area contributed by atoms with Gasteiger partial charge in [-0.2, -0.15) is 5.10 Å². The molecular weight excluding hydrogens is 342 g/mol. The number of aryl methyl sites for hydroxylation is 2. The van der Waals surface area contributed by atoms with Gasteiger partial charge in [-0.25, -0.2) is 8.42 Å². The zero-order valence-electron chi connectivity index (χ0n) is 12.2. The lowest BCUT2D eigenvalue weighted by Crippen LogP contribution is -2.31. The summed E-state index contributed by atoms with van der Waals surface area (Å²) < 4.78 is 26.0. The normalized spacial score (nSPS) is 23.1. The summed E-state index contributed by atoms with van der Waals surface area (Å²) in [5, 5.41) is 7.71. The largest absolute Gasteiger partial charge is 0.317 e. The summed E-state index contributed by atoms with van der Waals surface area (Å²) in [6, 6.07) is 0.277. The van der Waals surface area contributed by atoms with Crippen LogP contribution in [0.2, 0.25) is 0 Å². The molecule has 1 aliphatic rings. The highest BCUT2D eigenvalue weighted by atomic mass is 79.9. The Hall–Kier alpha value is -0.400. The SMILES string of the molecule is CNC(Cc1c(Br)c(C)nn1C)CC1CCS(=O)(=O)C1. The molecule has 7 heteroatoms. The van der Waals surface area contributed by atoms with E-state index in [0.29, 0.717) is 11.5 Å². The number of likely N-dealkylation sites (N-methyl/N-ethyl adjacent to an activating group) is 1. The number of hydrogen-bond donors (Lipinski definition) is 1. The van der Waals surface area contributed by atoms with Gasteiger partial charge in [0.2, 0.25) is 0 Å². The van der Waals surface area contributed by atoms with Crippen molar-refractivity contribution >= 4 is 25.8 Å². The molecule has 2 heterocycles. The molecule has 1 saturated heterocycles. The van der Waals surface area contributed by atoms with E-state index in [1.54, 1.807) is 0 Å². The number of sulfone groups is 1. The molecule has 0 amide bonds. The van der Waals surface area contributed by atoms with Crippen LogP contribution in [0.1, 0.15) is 24.2 Å². The molecule has 0 radical (unpaired) electrons. The van der Waals surface area contributed by atoms with E-state index in [1.165, 1.54) is 0 Å². The summed E-state index contributed by atoms with van der Waals surface area (Å²) in [5.74, 6) is 0.977. The molecule has 2 unspecified atom stereocenters. The van der Waals surface area contributed by atoms with E-state index in [0.717, 1.165) is 35.1 Å². The molecule has 0 aliphatic carbocycles. The van der Waals surface area contributed by atoms with Crippen molar-refractivity contribution in [3.63, 3.8) is 0 Å². The highest BCUT2D eigenvalue weighted by molar-refractivity contribution is 9.10. The van der Waals surface area contributed by atoms with Gasteiger partial charge in [-0.3, -0.25) is 4.68 Å². The quantitative estimate of drug-likeness (QED) is 0.859. The third-order valence-electron chi connectivity index (χ3n) is 4.05. The summed E-state index contributed by atoms with van der Waals surface area (Å²) in [7, 11) is 1.09. The third-order valence-corrected chi connectivity index (χ3v) is 6.92. The fourth-order valence-corrected chi connectivity index (χ4v) is 5.28. The lowest BCUT2D eigenvalue weighted by Gasteiger charge is -2.19. The first-order chi connectivity index (χ1) is 9.32. The molecule has 5 nitrogen and oxygen atoms in total. The van der Waals surface area contributed by atoms with Gasteiger partial charge in [-0.1, -0.05) is 0 Å². The first-order valence-corrected chi connectivity index (χ1v) is 9.49. The van der Waals surface area contributed by atoms with E-state index in [1.807, 2.05) is 25.7 Å². The molecule has 1 aromatic rings. The van der Waals surface area contributed by atoms with Crippen LogP contribution in [0.5, 0.6) is 0 Å². The Morgan fingerprint density at radius 3 is 2.70 bits per heavy atom. The van der Waals surface area contributed by atoms with Crippen molar-refractivity contribution < 1.29 is 8.42 Å². The summed E-state index contributed by atoms with van der Waals surface area (Å²) in [6.45, 7) is 1.98. The fourth-order valence-electron chi connectivity index (χ4n) is 2.90. The van der Waals surface area contributed by atoms with E-state index in [2.05, 4.69) is 26.3 Å². The molecule has 2 rings (SSSR count). The number of hydrogen-bond acceptors (Lipinski definition) is 4. The number of halogens is 1. The van der Waals surface area contributed by atoms with Crippen LogP contribution in [0.3, 0.4) is 0 Å². The summed E-state index contributed by atoms with van der Waals surface area (Å²) in [6.07, 6.45) is 2.55. The Kier molecular flexibility index (Phi) is 4.92. The van der Waals surface area contributed by atoms with E-state index >= 15 is 0 Å². The van der Waals surface area contributed by atoms with Crippen molar-refractivity contribution in [2.24, 2.45) is 13.0 Å². The predicted molar refractivity (Wildman–Crippen MR) is 83.6 cm³/mol. The van der Waals surface area contributed by atoms with Crippen molar-refractivity contribution in [2.45, 2.75) is 32.2 Å². The van der Waals surface area contributed by atoms with Gasteiger partial charge in [-0.15, -0.1) is 0 Å². The second-order valence-corrected chi connectivity index (χ2v) is 8.69. The lowest BCUT2D eigenvalue weighted by atomic mass is 9.96. The molecule has 20 heavy (non-hydrogen) atoms. The topological polar surface area (TPSA) is 64.0 Å². The average Bonchev–Trinajstić information content (AvgIpc) is 2.82. The van der Waals surface area contributed by atoms with Crippen molar-refractivity contribution in [2.75, 3.05) is 18.6 Å². The van der Waals surface area contributed by atoms with Crippen LogP contribution in [0.15, 0.2) is 4.47 Å². The molecule has 1 N–H and O–H groups in total. The Labute approximate surface area is 129 Å². The molecule has 1 aliphatic heterocycles. The lowest BCUT2D eigenvalue weighted by molar-refractivity contribution is 0.416. The van der Waals surface area contributed by atoms with Crippen LogP contribution in [-0.2, 0) is 23.3 Å². The van der Waals surface area contributed by atoms with Crippen LogP contribution in [-0.4, -0.2) is 42.8 Å². The molecule has 1 fully saturated rings. The minimum atomic E-state index is -2.79. The Morgan fingerprint density at radius 2 is 2.25 bits per heavy atom. The maximum Gasteiger partial charge on any atom is 0.150 e. The number of nitrogens with one attached hydrogen (secondary N) is 1. The molecule has 0 aromatic carbocycles. The Bertz CT molecular complexity index is 583. The summed E-state index contributed by atoms with van der Waals surface area (Å²) >= 11 is 3.58. The van der Waals surface area contributed by atoms with E-state index < -0.39 is 9.84 Å². The monoisotopic (exact) mass is 363 g/mol. The van der Waals surface area contributed by atoms with Crippen LogP contribution >= 0.6 is 15.9 Å². The fraction of sp³-hybridized carbons (Fsp3) is 0.769. The highest BCUT2D eigenvalue weighted by Gasteiger charge is 2.30. The van der Waals surface area contributed by atoms with E-state index in [-0.39, 0.29) is 12.0 Å². The van der Waals surface area contributed by atoms with E-state index in [9.17, 15) is 8.42 Å². The maximum absolute atomic E-state index is 11.5. The van der Waals surface area contributed by atoms with Gasteiger partial charge in [0.1, 0.15) is 0 Å². The molecule has 114 valence electrons. The van der Waals surface area contributed by atoms with Gasteiger partial charge in [0.05, 0.1) is 27.4 Å². The van der Waals surface area contributed by atoms with E-state index in [4.69, 9.17) is 0 Å². The van der Waals surface area contributed by atoms with Gasteiger partial charge >= 0.3 is 0 Å². The zero-order valence-corrected chi connectivity index (χ0v) is 14.6. The van der Waals surface area contributed by atoms with Gasteiger partial charge in [0.25, 0.3) is 0 Å². The second-order valence-electron chi connectivity index (χ2n) is 5.66. The second kappa shape index (κ2) is 6.15. The van der Waals surface area contributed by atoms with Crippen molar-refractivity contribution in [3.8, 4) is 0 Å². The smallest absolute Gasteiger partial charge is 0.150 e. The van der Waals surface area contributed by atoms with Crippen molar-refractivity contribution in [1.29, 1.82) is 0 Å². The predicted octanol–water partition coefficient (Wildman–Crippen LogP) is 1.45. The summed E-state index contributed by atoms with van der Waals surface area (Å²) in [5.41, 5.74) is 2.14. The van der Waals surface area contributed by atoms with Gasteiger partial charge in [0.15, 0.2) is 9.84 Å². The Morgan fingerprint density at radius 1 is 1.55 bits per heavy atom. The van der Waals surface area contributed by atoms with Crippen LogP contribution < -0.4 is 5.32 Å². The minimum absolute atomic E-state index is 0.277. The summed E-state index contributed by atoms with van der Waals surface area (Å²) in [4.78, 5) is 0. The third kappa shape index (κ3) is 3.62. The van der Waals surface area contributed by atoms with Crippen LogP contribution in [0.25, 0.3) is 0 Å². The maximum atomic E-state index is 11.5. The first kappa shape index (κ1) is 16.0. The molecule has 0 spiro atoms.